The summed E-state index contributed by atoms with van der Waals surface area (Å²) in [6.07, 6.45) is 0.745. The zero-order valence-electron chi connectivity index (χ0n) is 16.9. The maximum atomic E-state index is 13.1. The molecule has 2 saturated carbocycles. The van der Waals surface area contributed by atoms with Gasteiger partial charge in [-0.05, 0) is 42.0 Å². The molecule has 1 aromatic heterocycles. The molecule has 1 aromatic carbocycles. The van der Waals surface area contributed by atoms with Crippen molar-refractivity contribution in [1.82, 2.24) is 9.88 Å². The van der Waals surface area contributed by atoms with Gasteiger partial charge in [-0.3, -0.25) is 29.4 Å². The maximum absolute atomic E-state index is 13.1. The van der Waals surface area contributed by atoms with Gasteiger partial charge in [0.25, 0.3) is 5.69 Å². The molecular formula is C21H17N3O6S3. The summed E-state index contributed by atoms with van der Waals surface area (Å²) in [6.45, 7) is -0.598. The average molecular weight is 504 g/mol. The first-order valence-corrected chi connectivity index (χ1v) is 12.6. The Kier molecular flexibility index (Phi) is 4.59. The molecule has 3 fully saturated rings. The van der Waals surface area contributed by atoms with E-state index in [1.807, 2.05) is 0 Å². The van der Waals surface area contributed by atoms with Crippen molar-refractivity contribution < 1.29 is 24.4 Å². The van der Waals surface area contributed by atoms with Gasteiger partial charge in [-0.1, -0.05) is 12.1 Å². The summed E-state index contributed by atoms with van der Waals surface area (Å²) in [5, 5.41) is 21.4. The topological polar surface area (TPSA) is 134 Å². The van der Waals surface area contributed by atoms with Crippen molar-refractivity contribution in [2.45, 2.75) is 22.6 Å². The molecule has 0 radical (unpaired) electrons. The number of aromatic nitrogens is 1. The SMILES string of the molecule is O=C(O)CN1C(=O)[C@@H]2[C@H]3C[C@@H]([C@@H]2C1=O)[C@@H]1[C@H](c2ccc([N+](=O)[O-])cc2)c2sc(=S)[nH]c2S[C@H]31. The molecule has 2 aromatic rings. The standard InChI is InChI=1S/C21H17N3O6S3/c25-11(26)6-23-19(27)14-9-5-10(15(14)20(23)28)16-13(9)12(17-18(32-16)22-21(31)33-17)7-1-3-8(4-2-7)24(29)30/h1-4,9-10,12-16H,5-6H2,(H,22,31)(H,25,26)/t9-,10-,12+,13-,14+,15-,16-/m1/s1. The highest BCUT2D eigenvalue weighted by atomic mass is 32.2. The number of nitro groups is 1. The number of benzene rings is 1. The molecule has 9 nitrogen and oxygen atoms in total. The first-order chi connectivity index (χ1) is 15.8. The Balaban J connectivity index is 1.44. The maximum Gasteiger partial charge on any atom is 0.323 e. The number of carboxylic acids is 1. The smallest absolute Gasteiger partial charge is 0.323 e. The lowest BCUT2D eigenvalue weighted by Gasteiger charge is -2.43. The molecule has 3 heterocycles. The van der Waals surface area contributed by atoms with Crippen LogP contribution in [0.4, 0.5) is 5.69 Å². The van der Waals surface area contributed by atoms with Crippen molar-refractivity contribution in [3.05, 3.63) is 48.8 Å². The van der Waals surface area contributed by atoms with Gasteiger partial charge in [0.1, 0.15) is 6.54 Å². The molecule has 0 spiro atoms. The minimum Gasteiger partial charge on any atom is -0.480 e. The number of H-pyrrole nitrogens is 1. The predicted molar refractivity (Wildman–Crippen MR) is 121 cm³/mol. The van der Waals surface area contributed by atoms with E-state index in [1.165, 1.54) is 23.5 Å². The van der Waals surface area contributed by atoms with Crippen LogP contribution in [-0.4, -0.2) is 49.5 Å². The number of aliphatic carboxylic acids is 1. The first kappa shape index (κ1) is 21.0. The van der Waals surface area contributed by atoms with E-state index in [2.05, 4.69) is 4.98 Å². The fourth-order valence-electron chi connectivity index (χ4n) is 6.55. The van der Waals surface area contributed by atoms with E-state index in [1.54, 1.807) is 23.9 Å². The van der Waals surface area contributed by atoms with E-state index in [-0.39, 0.29) is 46.4 Å². The van der Waals surface area contributed by atoms with Gasteiger partial charge in [0.2, 0.25) is 11.8 Å². The number of aromatic amines is 1. The van der Waals surface area contributed by atoms with Crippen molar-refractivity contribution in [3.8, 4) is 0 Å². The molecule has 1 saturated heterocycles. The summed E-state index contributed by atoms with van der Waals surface area (Å²) in [5.74, 6) is -3.05. The molecule has 2 N–H and O–H groups in total. The van der Waals surface area contributed by atoms with Gasteiger partial charge in [0.15, 0.2) is 3.95 Å². The van der Waals surface area contributed by atoms with Crippen LogP contribution in [0.3, 0.4) is 0 Å². The van der Waals surface area contributed by atoms with Gasteiger partial charge in [-0.25, -0.2) is 0 Å². The largest absolute Gasteiger partial charge is 0.480 e. The summed E-state index contributed by atoms with van der Waals surface area (Å²) >= 11 is 8.55. The van der Waals surface area contributed by atoms with E-state index in [4.69, 9.17) is 12.2 Å². The molecule has 4 aliphatic rings. The summed E-state index contributed by atoms with van der Waals surface area (Å²) in [6, 6.07) is 6.52. The Morgan fingerprint density at radius 3 is 2.52 bits per heavy atom. The number of thioether (sulfide) groups is 1. The van der Waals surface area contributed by atoms with Crippen LogP contribution in [0.5, 0.6) is 0 Å². The van der Waals surface area contributed by atoms with Gasteiger partial charge in [0, 0.05) is 28.2 Å². The minimum absolute atomic E-state index is 0.0105. The van der Waals surface area contributed by atoms with E-state index < -0.39 is 29.3 Å². The van der Waals surface area contributed by atoms with Crippen LogP contribution >= 0.6 is 35.3 Å². The highest BCUT2D eigenvalue weighted by Crippen LogP contribution is 2.68. The van der Waals surface area contributed by atoms with Gasteiger partial charge in [0.05, 0.1) is 21.8 Å². The Bertz CT molecular complexity index is 1290. The number of carbonyl (C=O) groups excluding carboxylic acids is 2. The number of nitrogens with zero attached hydrogens (tertiary/aromatic N) is 2. The molecule has 2 bridgehead atoms. The lowest BCUT2D eigenvalue weighted by molar-refractivity contribution is -0.384. The summed E-state index contributed by atoms with van der Waals surface area (Å²) in [7, 11) is 0. The number of fused-ring (bicyclic) bond motifs is 9. The van der Waals surface area contributed by atoms with E-state index in [0.29, 0.717) is 3.95 Å². The van der Waals surface area contributed by atoms with Crippen LogP contribution in [0.15, 0.2) is 29.3 Å². The number of amides is 2. The summed E-state index contributed by atoms with van der Waals surface area (Å²) in [4.78, 5) is 53.4. The van der Waals surface area contributed by atoms with Crippen molar-refractivity contribution in [1.29, 1.82) is 0 Å². The van der Waals surface area contributed by atoms with Crippen molar-refractivity contribution in [3.63, 3.8) is 0 Å². The number of rotatable bonds is 4. The normalized spacial score (nSPS) is 33.7. The Hall–Kier alpha value is -2.57. The molecule has 2 aliphatic heterocycles. The fraction of sp³-hybridized carbons (Fsp3) is 0.429. The Morgan fingerprint density at radius 1 is 1.21 bits per heavy atom. The highest BCUT2D eigenvalue weighted by Gasteiger charge is 2.69. The third-order valence-corrected chi connectivity index (χ3v) is 10.5. The molecule has 33 heavy (non-hydrogen) atoms. The van der Waals surface area contributed by atoms with Gasteiger partial charge in [-0.15, -0.1) is 23.1 Å². The van der Waals surface area contributed by atoms with Gasteiger partial charge >= 0.3 is 5.97 Å². The lowest BCUT2D eigenvalue weighted by atomic mass is 9.68. The quantitative estimate of drug-likeness (QED) is 0.281. The third-order valence-electron chi connectivity index (χ3n) is 7.57. The molecule has 12 heteroatoms. The molecule has 2 aliphatic carbocycles. The van der Waals surface area contributed by atoms with Crippen LogP contribution < -0.4 is 0 Å². The molecule has 170 valence electrons. The van der Waals surface area contributed by atoms with Crippen LogP contribution in [0.2, 0.25) is 0 Å². The number of hydrogen-bond acceptors (Lipinski definition) is 8. The molecule has 0 unspecified atom stereocenters. The molecular weight excluding hydrogens is 486 g/mol. The Labute approximate surface area is 200 Å². The Morgan fingerprint density at radius 2 is 1.88 bits per heavy atom. The van der Waals surface area contributed by atoms with Crippen LogP contribution in [0.1, 0.15) is 22.8 Å². The summed E-state index contributed by atoms with van der Waals surface area (Å²) in [5.41, 5.74) is 0.932. The number of hydrogen-bond donors (Lipinski definition) is 2. The zero-order chi connectivity index (χ0) is 23.2. The van der Waals surface area contributed by atoms with Gasteiger partial charge in [-0.2, -0.15) is 0 Å². The number of likely N-dealkylation sites (tertiary alicyclic amines) is 1. The molecule has 2 amide bonds. The number of nitrogens with one attached hydrogen (secondary N) is 1. The van der Waals surface area contributed by atoms with Gasteiger partial charge < -0.3 is 10.1 Å². The molecule has 6 rings (SSSR count). The number of carboxylic acid groups (broad SMARTS) is 1. The zero-order valence-corrected chi connectivity index (χ0v) is 19.3. The average Bonchev–Trinajstić information content (AvgIpc) is 3.49. The number of imide groups is 1. The van der Waals surface area contributed by atoms with Crippen molar-refractivity contribution in [2.75, 3.05) is 6.54 Å². The number of carbonyl (C=O) groups is 3. The second-order valence-corrected chi connectivity index (χ2v) is 11.9. The first-order valence-electron chi connectivity index (χ1n) is 10.5. The second kappa shape index (κ2) is 7.21. The van der Waals surface area contributed by atoms with E-state index in [0.717, 1.165) is 26.8 Å². The van der Waals surface area contributed by atoms with Crippen LogP contribution in [0.25, 0.3) is 0 Å². The van der Waals surface area contributed by atoms with E-state index in [9.17, 15) is 29.6 Å². The third kappa shape index (κ3) is 2.90. The second-order valence-electron chi connectivity index (χ2n) is 8.97. The van der Waals surface area contributed by atoms with Crippen LogP contribution in [0, 0.1) is 43.7 Å². The van der Waals surface area contributed by atoms with Crippen LogP contribution in [-0.2, 0) is 14.4 Å². The summed E-state index contributed by atoms with van der Waals surface area (Å²) < 4.78 is 0.645. The monoisotopic (exact) mass is 503 g/mol. The lowest BCUT2D eigenvalue weighted by Crippen LogP contribution is -2.42. The predicted octanol–water partition coefficient (Wildman–Crippen LogP) is 3.27. The van der Waals surface area contributed by atoms with Crippen molar-refractivity contribution in [2.24, 2.45) is 29.6 Å². The number of thiazole rings is 1. The van der Waals surface area contributed by atoms with E-state index >= 15 is 0 Å². The highest BCUT2D eigenvalue weighted by molar-refractivity contribution is 8.00. The number of nitro benzene ring substituents is 1. The minimum atomic E-state index is -1.20. The van der Waals surface area contributed by atoms with Crippen molar-refractivity contribution >= 4 is 58.8 Å². The molecule has 7 atom stereocenters. The number of non-ortho nitro benzene ring substituents is 1. The fourth-order valence-corrected chi connectivity index (χ4v) is 9.88.